The number of rotatable bonds is 5. The van der Waals surface area contributed by atoms with Crippen molar-refractivity contribution in [2.45, 2.75) is 26.5 Å². The molecule has 0 fully saturated rings. The van der Waals surface area contributed by atoms with Gasteiger partial charge in [0.15, 0.2) is 0 Å². The number of carbonyl (C=O) groups is 1. The van der Waals surface area contributed by atoms with E-state index in [-0.39, 0.29) is 13.2 Å². The average Bonchev–Trinajstić information content (AvgIpc) is 2.92. The summed E-state index contributed by atoms with van der Waals surface area (Å²) in [6.45, 7) is 2.46. The molecular formula is C14H16N2O3. The molecule has 19 heavy (non-hydrogen) atoms. The van der Waals surface area contributed by atoms with Gasteiger partial charge in [0, 0.05) is 6.42 Å². The third-order valence-electron chi connectivity index (χ3n) is 2.55. The maximum Gasteiger partial charge on any atom is 0.407 e. The molecule has 1 amide bonds. The highest BCUT2D eigenvalue weighted by Gasteiger charge is 2.06. The van der Waals surface area contributed by atoms with Gasteiger partial charge in [-0.25, -0.2) is 9.78 Å². The van der Waals surface area contributed by atoms with Crippen LogP contribution in [-0.2, 0) is 24.3 Å². The lowest BCUT2D eigenvalue weighted by Gasteiger charge is -2.05. The molecule has 0 radical (unpaired) electrons. The van der Waals surface area contributed by atoms with E-state index in [2.05, 4.69) is 10.3 Å². The molecule has 1 aromatic heterocycles. The van der Waals surface area contributed by atoms with E-state index < -0.39 is 6.09 Å². The highest BCUT2D eigenvalue weighted by Crippen LogP contribution is 2.04. The number of aromatic nitrogens is 1. The van der Waals surface area contributed by atoms with Crippen LogP contribution >= 0.6 is 0 Å². The fourth-order valence-corrected chi connectivity index (χ4v) is 1.52. The van der Waals surface area contributed by atoms with Crippen molar-refractivity contribution in [1.82, 2.24) is 10.3 Å². The Kier molecular flexibility index (Phi) is 4.55. The van der Waals surface area contributed by atoms with E-state index in [1.807, 2.05) is 37.3 Å². The van der Waals surface area contributed by atoms with Crippen molar-refractivity contribution in [3.63, 3.8) is 0 Å². The number of carbonyl (C=O) groups excluding carboxylic acids is 1. The molecule has 1 heterocycles. The Morgan fingerprint density at radius 2 is 2.16 bits per heavy atom. The number of benzene rings is 1. The third-order valence-corrected chi connectivity index (χ3v) is 2.55. The number of aryl methyl sites for hydroxylation is 1. The summed E-state index contributed by atoms with van der Waals surface area (Å²) >= 11 is 0. The Balaban J connectivity index is 1.73. The lowest BCUT2D eigenvalue weighted by Crippen LogP contribution is -2.23. The Labute approximate surface area is 111 Å². The summed E-state index contributed by atoms with van der Waals surface area (Å²) in [5.41, 5.74) is 0.946. The average molecular weight is 260 g/mol. The number of hydrogen-bond donors (Lipinski definition) is 1. The van der Waals surface area contributed by atoms with Crippen LogP contribution in [0.1, 0.15) is 24.1 Å². The SMILES string of the molecule is CCc1cnc(CNC(=O)OCc2ccccc2)o1. The van der Waals surface area contributed by atoms with Gasteiger partial charge in [0.2, 0.25) is 5.89 Å². The first kappa shape index (κ1) is 13.1. The van der Waals surface area contributed by atoms with Crippen molar-refractivity contribution in [3.05, 3.63) is 53.7 Å². The summed E-state index contributed by atoms with van der Waals surface area (Å²) in [5, 5.41) is 2.59. The number of hydrogen-bond acceptors (Lipinski definition) is 4. The summed E-state index contributed by atoms with van der Waals surface area (Å²) in [4.78, 5) is 15.5. The normalized spacial score (nSPS) is 10.2. The minimum Gasteiger partial charge on any atom is -0.445 e. The highest BCUT2D eigenvalue weighted by atomic mass is 16.5. The molecular weight excluding hydrogens is 244 g/mol. The molecule has 1 N–H and O–H groups in total. The molecule has 1 aromatic carbocycles. The molecule has 5 heteroatoms. The zero-order chi connectivity index (χ0) is 13.5. The first-order chi connectivity index (χ1) is 9.28. The third kappa shape index (κ3) is 4.13. The fourth-order valence-electron chi connectivity index (χ4n) is 1.52. The maximum absolute atomic E-state index is 11.5. The second kappa shape index (κ2) is 6.58. The van der Waals surface area contributed by atoms with Crippen LogP contribution in [0.4, 0.5) is 4.79 Å². The van der Waals surface area contributed by atoms with E-state index in [0.717, 1.165) is 17.7 Å². The molecule has 0 bridgehead atoms. The van der Waals surface area contributed by atoms with Crippen LogP contribution in [-0.4, -0.2) is 11.1 Å². The molecule has 0 aliphatic rings. The van der Waals surface area contributed by atoms with E-state index in [0.29, 0.717) is 5.89 Å². The van der Waals surface area contributed by atoms with Gasteiger partial charge in [-0.15, -0.1) is 0 Å². The number of alkyl carbamates (subject to hydrolysis) is 1. The summed E-state index contributed by atoms with van der Waals surface area (Å²) in [6, 6.07) is 9.51. The number of oxazole rings is 1. The number of nitrogens with one attached hydrogen (secondary N) is 1. The minimum atomic E-state index is -0.486. The van der Waals surface area contributed by atoms with Crippen LogP contribution in [0.2, 0.25) is 0 Å². The summed E-state index contributed by atoms with van der Waals surface area (Å²) in [5.74, 6) is 1.28. The fraction of sp³-hybridized carbons (Fsp3) is 0.286. The lowest BCUT2D eigenvalue weighted by atomic mass is 10.2. The molecule has 0 spiro atoms. The van der Waals surface area contributed by atoms with Gasteiger partial charge in [0.25, 0.3) is 0 Å². The Hall–Kier alpha value is -2.30. The summed E-state index contributed by atoms with van der Waals surface area (Å²) < 4.78 is 10.4. The van der Waals surface area contributed by atoms with Crippen molar-refractivity contribution in [3.8, 4) is 0 Å². The van der Waals surface area contributed by atoms with Gasteiger partial charge in [-0.2, -0.15) is 0 Å². The van der Waals surface area contributed by atoms with Gasteiger partial charge in [0.05, 0.1) is 12.7 Å². The topological polar surface area (TPSA) is 64.4 Å². The summed E-state index contributed by atoms with van der Waals surface area (Å²) in [7, 11) is 0. The van der Waals surface area contributed by atoms with Crippen LogP contribution in [0.3, 0.4) is 0 Å². The molecule has 5 nitrogen and oxygen atoms in total. The van der Waals surface area contributed by atoms with E-state index in [1.165, 1.54) is 0 Å². The molecule has 0 aliphatic carbocycles. The standard InChI is InChI=1S/C14H16N2O3/c1-2-12-8-15-13(19-12)9-16-14(17)18-10-11-6-4-3-5-7-11/h3-8H,2,9-10H2,1H3,(H,16,17). The molecule has 2 rings (SSSR count). The molecule has 0 saturated heterocycles. The number of amides is 1. The number of nitrogens with zero attached hydrogens (tertiary/aromatic N) is 1. The quantitative estimate of drug-likeness (QED) is 0.897. The monoisotopic (exact) mass is 260 g/mol. The second-order valence-electron chi connectivity index (χ2n) is 3.99. The van der Waals surface area contributed by atoms with E-state index in [4.69, 9.17) is 9.15 Å². The summed E-state index contributed by atoms with van der Waals surface area (Å²) in [6.07, 6.45) is 1.96. The molecule has 0 aliphatic heterocycles. The minimum absolute atomic E-state index is 0.230. The predicted octanol–water partition coefficient (Wildman–Crippen LogP) is 2.66. The maximum atomic E-state index is 11.5. The lowest BCUT2D eigenvalue weighted by molar-refractivity contribution is 0.138. The van der Waals surface area contributed by atoms with Crippen LogP contribution < -0.4 is 5.32 Å². The molecule has 2 aromatic rings. The van der Waals surface area contributed by atoms with Crippen LogP contribution in [0.25, 0.3) is 0 Å². The number of ether oxygens (including phenoxy) is 1. The van der Waals surface area contributed by atoms with Crippen molar-refractivity contribution >= 4 is 6.09 Å². The first-order valence-corrected chi connectivity index (χ1v) is 6.16. The highest BCUT2D eigenvalue weighted by molar-refractivity contribution is 5.66. The molecule has 100 valence electrons. The largest absolute Gasteiger partial charge is 0.445 e. The van der Waals surface area contributed by atoms with E-state index in [1.54, 1.807) is 6.20 Å². The van der Waals surface area contributed by atoms with Gasteiger partial charge >= 0.3 is 6.09 Å². The van der Waals surface area contributed by atoms with Gasteiger partial charge < -0.3 is 14.5 Å². The van der Waals surface area contributed by atoms with Crippen molar-refractivity contribution in [2.24, 2.45) is 0 Å². The van der Waals surface area contributed by atoms with E-state index in [9.17, 15) is 4.79 Å². The Morgan fingerprint density at radius 1 is 1.37 bits per heavy atom. The smallest absolute Gasteiger partial charge is 0.407 e. The Morgan fingerprint density at radius 3 is 2.84 bits per heavy atom. The van der Waals surface area contributed by atoms with Gasteiger partial charge in [-0.1, -0.05) is 37.3 Å². The zero-order valence-corrected chi connectivity index (χ0v) is 10.8. The molecule has 0 unspecified atom stereocenters. The van der Waals surface area contributed by atoms with Crippen LogP contribution in [0, 0.1) is 0 Å². The van der Waals surface area contributed by atoms with Crippen LogP contribution in [0.15, 0.2) is 40.9 Å². The van der Waals surface area contributed by atoms with Crippen LogP contribution in [0.5, 0.6) is 0 Å². The molecule has 0 saturated carbocycles. The zero-order valence-electron chi connectivity index (χ0n) is 10.8. The van der Waals surface area contributed by atoms with E-state index >= 15 is 0 Å². The van der Waals surface area contributed by atoms with Gasteiger partial charge in [-0.3, -0.25) is 0 Å². The Bertz CT molecular complexity index is 522. The van der Waals surface area contributed by atoms with Crippen molar-refractivity contribution in [1.29, 1.82) is 0 Å². The van der Waals surface area contributed by atoms with Crippen molar-refractivity contribution in [2.75, 3.05) is 0 Å². The molecule has 0 atom stereocenters. The second-order valence-corrected chi connectivity index (χ2v) is 3.99. The van der Waals surface area contributed by atoms with Crippen molar-refractivity contribution < 1.29 is 13.9 Å². The van der Waals surface area contributed by atoms with Gasteiger partial charge in [0.1, 0.15) is 12.4 Å². The van der Waals surface area contributed by atoms with Gasteiger partial charge in [-0.05, 0) is 5.56 Å². The first-order valence-electron chi connectivity index (χ1n) is 6.16. The predicted molar refractivity (Wildman–Crippen MR) is 69.3 cm³/mol.